The molecule has 0 N–H and O–H groups in total. The largest absolute Gasteiger partial charge is 0.415 e. The molecular formula is C14H24N4O2Si. The summed E-state index contributed by atoms with van der Waals surface area (Å²) >= 11 is 0. The van der Waals surface area contributed by atoms with Crippen LogP contribution in [-0.2, 0) is 18.0 Å². The molecule has 0 saturated heterocycles. The van der Waals surface area contributed by atoms with Crippen LogP contribution in [0.5, 0.6) is 0 Å². The minimum absolute atomic E-state index is 0.182. The number of nitrogens with zero attached hydrogens (tertiary/aromatic N) is 4. The lowest BCUT2D eigenvalue weighted by Gasteiger charge is -2.36. The molecule has 0 unspecified atom stereocenters. The third-order valence-electron chi connectivity index (χ3n) is 4.30. The highest BCUT2D eigenvalue weighted by Gasteiger charge is 2.36. The van der Waals surface area contributed by atoms with E-state index in [1.165, 1.54) is 6.33 Å². The highest BCUT2D eigenvalue weighted by atomic mass is 28.4. The van der Waals surface area contributed by atoms with Gasteiger partial charge in [0, 0.05) is 13.6 Å². The molecule has 0 saturated carbocycles. The van der Waals surface area contributed by atoms with E-state index < -0.39 is 8.32 Å². The predicted molar refractivity (Wildman–Crippen MR) is 85.9 cm³/mol. The van der Waals surface area contributed by atoms with Gasteiger partial charge in [-0.2, -0.15) is 4.98 Å². The third kappa shape index (κ3) is 3.08. The zero-order valence-electron chi connectivity index (χ0n) is 13.7. The summed E-state index contributed by atoms with van der Waals surface area (Å²) in [7, 11) is 0.0685. The van der Waals surface area contributed by atoms with Crippen molar-refractivity contribution in [2.45, 2.75) is 45.4 Å². The highest BCUT2D eigenvalue weighted by Crippen LogP contribution is 2.36. The lowest BCUT2D eigenvalue weighted by atomic mass is 10.2. The molecule has 0 amide bonds. The Kier molecular flexibility index (Phi) is 4.07. The highest BCUT2D eigenvalue weighted by molar-refractivity contribution is 6.74. The van der Waals surface area contributed by atoms with Crippen LogP contribution in [0.1, 0.15) is 20.8 Å². The quantitative estimate of drug-likeness (QED) is 0.812. The van der Waals surface area contributed by atoms with E-state index in [4.69, 9.17) is 4.43 Å². The number of fused-ring (bicyclic) bond motifs is 1. The van der Waals surface area contributed by atoms with E-state index in [-0.39, 0.29) is 10.6 Å². The van der Waals surface area contributed by atoms with Crippen LogP contribution >= 0.6 is 0 Å². The van der Waals surface area contributed by atoms with Crippen molar-refractivity contribution >= 4 is 19.5 Å². The standard InChI is InChI=1S/C14H24N4O2Si/c1-14(2,3)21(5,6)20-8-7-18-10-15-12-11(18)13(19)16-9-17(12)4/h9-10H,7-8H2,1-6H3. The van der Waals surface area contributed by atoms with Gasteiger partial charge in [-0.15, -0.1) is 0 Å². The molecule has 116 valence electrons. The first kappa shape index (κ1) is 15.9. The molecule has 0 aliphatic rings. The van der Waals surface area contributed by atoms with E-state index in [0.29, 0.717) is 24.3 Å². The molecule has 0 radical (unpaired) electrons. The summed E-state index contributed by atoms with van der Waals surface area (Å²) in [5.41, 5.74) is 0.953. The van der Waals surface area contributed by atoms with Crippen LogP contribution in [0.3, 0.4) is 0 Å². The first-order valence-electron chi connectivity index (χ1n) is 7.14. The summed E-state index contributed by atoms with van der Waals surface area (Å²) in [5.74, 6) is 0. The number of hydrogen-bond acceptors (Lipinski definition) is 4. The maximum atomic E-state index is 11.9. The van der Waals surface area contributed by atoms with Crippen molar-refractivity contribution in [1.29, 1.82) is 0 Å². The molecular weight excluding hydrogens is 284 g/mol. The average molecular weight is 308 g/mol. The fraction of sp³-hybridized carbons (Fsp3) is 0.643. The molecule has 0 fully saturated rings. The van der Waals surface area contributed by atoms with Gasteiger partial charge in [0.25, 0.3) is 5.56 Å². The van der Waals surface area contributed by atoms with Gasteiger partial charge in [-0.25, -0.2) is 4.98 Å². The van der Waals surface area contributed by atoms with Gasteiger partial charge >= 0.3 is 0 Å². The second kappa shape index (κ2) is 5.38. The van der Waals surface area contributed by atoms with Crippen molar-refractivity contribution in [2.75, 3.05) is 6.61 Å². The lowest BCUT2D eigenvalue weighted by molar-refractivity contribution is 0.273. The third-order valence-corrected chi connectivity index (χ3v) is 8.84. The first-order chi connectivity index (χ1) is 9.63. The molecule has 6 nitrogen and oxygen atoms in total. The van der Waals surface area contributed by atoms with Crippen molar-refractivity contribution in [1.82, 2.24) is 19.1 Å². The average Bonchev–Trinajstić information content (AvgIpc) is 2.78. The summed E-state index contributed by atoms with van der Waals surface area (Å²) in [6.45, 7) is 12.3. The zero-order chi connectivity index (χ0) is 15.8. The maximum absolute atomic E-state index is 11.9. The number of aromatic nitrogens is 4. The van der Waals surface area contributed by atoms with Gasteiger partial charge in [-0.1, -0.05) is 20.8 Å². The summed E-state index contributed by atoms with van der Waals surface area (Å²) in [4.78, 5) is 20.0. The van der Waals surface area contributed by atoms with Gasteiger partial charge in [0.15, 0.2) is 19.5 Å². The van der Waals surface area contributed by atoms with Crippen molar-refractivity contribution in [3.63, 3.8) is 0 Å². The number of hydrogen-bond donors (Lipinski definition) is 0. The van der Waals surface area contributed by atoms with Gasteiger partial charge in [0.1, 0.15) is 6.33 Å². The molecule has 0 spiro atoms. The molecule has 7 heteroatoms. The van der Waals surface area contributed by atoms with Gasteiger partial charge in [0.2, 0.25) is 0 Å². The number of aryl methyl sites for hydroxylation is 1. The van der Waals surface area contributed by atoms with Gasteiger partial charge in [-0.05, 0) is 18.1 Å². The van der Waals surface area contributed by atoms with E-state index in [0.717, 1.165) is 0 Å². The van der Waals surface area contributed by atoms with Crippen LogP contribution in [-0.4, -0.2) is 34.0 Å². The lowest BCUT2D eigenvalue weighted by Crippen LogP contribution is -2.41. The van der Waals surface area contributed by atoms with Crippen LogP contribution < -0.4 is 5.56 Å². The smallest absolute Gasteiger partial charge is 0.298 e. The topological polar surface area (TPSA) is 61.9 Å². The fourth-order valence-electron chi connectivity index (χ4n) is 1.89. The Morgan fingerprint density at radius 1 is 1.24 bits per heavy atom. The molecule has 21 heavy (non-hydrogen) atoms. The SMILES string of the molecule is Cn1cnc(=O)c2c1ncn2CCO[Si](C)(C)C(C)(C)C. The Balaban J connectivity index is 2.16. The van der Waals surface area contributed by atoms with Gasteiger partial charge < -0.3 is 13.6 Å². The van der Waals surface area contributed by atoms with Crippen LogP contribution in [0.2, 0.25) is 18.1 Å². The molecule has 0 aromatic carbocycles. The summed E-state index contributed by atoms with van der Waals surface area (Å²) in [5, 5.41) is 0.182. The summed E-state index contributed by atoms with van der Waals surface area (Å²) in [6, 6.07) is 0. The second-order valence-corrected chi connectivity index (χ2v) is 11.7. The minimum atomic E-state index is -1.76. The van der Waals surface area contributed by atoms with Gasteiger partial charge in [0.05, 0.1) is 12.9 Å². The van der Waals surface area contributed by atoms with Crippen LogP contribution in [0.4, 0.5) is 0 Å². The van der Waals surface area contributed by atoms with Crippen molar-refractivity contribution < 1.29 is 4.43 Å². The van der Waals surface area contributed by atoms with E-state index >= 15 is 0 Å². The predicted octanol–water partition coefficient (Wildman–Crippen LogP) is 2.15. The van der Waals surface area contributed by atoms with Crippen molar-refractivity contribution in [3.8, 4) is 0 Å². The van der Waals surface area contributed by atoms with Crippen molar-refractivity contribution in [3.05, 3.63) is 23.0 Å². The Labute approximate surface area is 125 Å². The molecule has 2 aromatic rings. The molecule has 2 heterocycles. The first-order valence-corrected chi connectivity index (χ1v) is 10.0. The molecule has 0 bridgehead atoms. The van der Waals surface area contributed by atoms with Crippen LogP contribution in [0.15, 0.2) is 17.4 Å². The molecule has 2 rings (SSSR count). The van der Waals surface area contributed by atoms with E-state index in [1.807, 2.05) is 11.6 Å². The summed E-state index contributed by atoms with van der Waals surface area (Å²) < 4.78 is 9.73. The molecule has 0 atom stereocenters. The number of rotatable bonds is 4. The number of imidazole rings is 1. The van der Waals surface area contributed by atoms with Crippen LogP contribution in [0.25, 0.3) is 11.2 Å². The second-order valence-electron chi connectivity index (χ2n) is 6.88. The normalized spacial score (nSPS) is 13.0. The molecule has 0 aliphatic carbocycles. The van der Waals surface area contributed by atoms with Gasteiger partial charge in [-0.3, -0.25) is 4.79 Å². The Bertz CT molecular complexity index is 697. The molecule has 2 aromatic heterocycles. The van der Waals surface area contributed by atoms with Crippen molar-refractivity contribution in [2.24, 2.45) is 7.05 Å². The molecule has 0 aliphatic heterocycles. The Morgan fingerprint density at radius 3 is 2.52 bits per heavy atom. The van der Waals surface area contributed by atoms with E-state index in [2.05, 4.69) is 43.8 Å². The summed E-state index contributed by atoms with van der Waals surface area (Å²) in [6.07, 6.45) is 3.18. The zero-order valence-corrected chi connectivity index (χ0v) is 14.7. The van der Waals surface area contributed by atoms with Crippen LogP contribution in [0, 0.1) is 0 Å². The minimum Gasteiger partial charge on any atom is -0.415 e. The Hall–Kier alpha value is -1.47. The maximum Gasteiger partial charge on any atom is 0.298 e. The fourth-order valence-corrected chi connectivity index (χ4v) is 2.92. The monoisotopic (exact) mass is 308 g/mol. The Morgan fingerprint density at radius 2 is 1.90 bits per heavy atom. The van der Waals surface area contributed by atoms with E-state index in [9.17, 15) is 4.79 Å². The van der Waals surface area contributed by atoms with E-state index in [1.54, 1.807) is 10.9 Å².